The SMILES string of the molecule is COc1c(Br)cccc1C(C)=N[S@@+]([O-])C(C)(C)C. The van der Waals surface area contributed by atoms with E-state index in [1.165, 1.54) is 0 Å². The molecule has 5 heteroatoms. The summed E-state index contributed by atoms with van der Waals surface area (Å²) in [6, 6.07) is 5.71. The van der Waals surface area contributed by atoms with Crippen LogP contribution in [0.5, 0.6) is 5.75 Å². The van der Waals surface area contributed by atoms with Crippen LogP contribution in [0.25, 0.3) is 0 Å². The van der Waals surface area contributed by atoms with Gasteiger partial charge in [0.1, 0.15) is 21.9 Å². The van der Waals surface area contributed by atoms with Crippen LogP contribution in [0.3, 0.4) is 0 Å². The quantitative estimate of drug-likeness (QED) is 0.625. The van der Waals surface area contributed by atoms with Crippen molar-refractivity contribution in [1.82, 2.24) is 0 Å². The smallest absolute Gasteiger partial charge is 0.144 e. The van der Waals surface area contributed by atoms with Crippen molar-refractivity contribution in [2.75, 3.05) is 7.11 Å². The fourth-order valence-corrected chi connectivity index (χ4v) is 2.46. The van der Waals surface area contributed by atoms with E-state index in [0.717, 1.165) is 10.0 Å². The minimum atomic E-state index is -1.27. The minimum Gasteiger partial charge on any atom is -0.591 e. The molecule has 0 fully saturated rings. The third kappa shape index (κ3) is 3.73. The second-order valence-corrected chi connectivity index (χ2v) is 7.62. The molecule has 0 aromatic heterocycles. The van der Waals surface area contributed by atoms with Gasteiger partial charge >= 0.3 is 0 Å². The topological polar surface area (TPSA) is 44.6 Å². The van der Waals surface area contributed by atoms with Crippen LogP contribution in [0.1, 0.15) is 33.3 Å². The summed E-state index contributed by atoms with van der Waals surface area (Å²) in [7, 11) is 1.61. The summed E-state index contributed by atoms with van der Waals surface area (Å²) in [5.41, 5.74) is 1.56. The van der Waals surface area contributed by atoms with Crippen molar-refractivity contribution >= 4 is 33.0 Å². The Bertz CT molecular complexity index is 455. The van der Waals surface area contributed by atoms with Crippen molar-refractivity contribution in [3.8, 4) is 5.75 Å². The molecular weight excluding hydrogens is 314 g/mol. The van der Waals surface area contributed by atoms with Crippen LogP contribution in [0.4, 0.5) is 0 Å². The molecule has 0 saturated heterocycles. The lowest BCUT2D eigenvalue weighted by atomic mass is 10.1. The van der Waals surface area contributed by atoms with Crippen molar-refractivity contribution in [1.29, 1.82) is 0 Å². The highest BCUT2D eigenvalue weighted by atomic mass is 79.9. The summed E-state index contributed by atoms with van der Waals surface area (Å²) in [5.74, 6) is 0.713. The Morgan fingerprint density at radius 2 is 2.00 bits per heavy atom. The fraction of sp³-hybridized carbons (Fsp3) is 0.462. The molecule has 0 heterocycles. The Hall–Kier alpha value is -0.520. The molecule has 1 aromatic rings. The highest BCUT2D eigenvalue weighted by Crippen LogP contribution is 2.30. The van der Waals surface area contributed by atoms with Gasteiger partial charge in [-0.1, -0.05) is 10.5 Å². The monoisotopic (exact) mass is 331 g/mol. The Kier molecular flexibility index (Phi) is 5.25. The zero-order valence-corrected chi connectivity index (χ0v) is 13.7. The highest BCUT2D eigenvalue weighted by molar-refractivity contribution is 9.10. The summed E-state index contributed by atoms with van der Waals surface area (Å²) in [5, 5.41) is 0. The van der Waals surface area contributed by atoms with Crippen LogP contribution in [0.15, 0.2) is 27.1 Å². The van der Waals surface area contributed by atoms with E-state index in [0.29, 0.717) is 11.5 Å². The molecule has 0 amide bonds. The molecule has 0 radical (unpaired) electrons. The first-order valence-corrected chi connectivity index (χ1v) is 7.47. The molecule has 0 aliphatic rings. The Morgan fingerprint density at radius 1 is 1.39 bits per heavy atom. The second-order valence-electron chi connectivity index (χ2n) is 4.86. The van der Waals surface area contributed by atoms with Gasteiger partial charge in [-0.25, -0.2) is 0 Å². The molecule has 1 aromatic carbocycles. The van der Waals surface area contributed by atoms with Crippen LogP contribution in [-0.2, 0) is 11.4 Å². The maximum absolute atomic E-state index is 12.0. The first-order valence-electron chi connectivity index (χ1n) is 5.57. The summed E-state index contributed by atoms with van der Waals surface area (Å²) < 4.78 is 22.1. The van der Waals surface area contributed by atoms with Crippen LogP contribution in [0, 0.1) is 0 Å². The number of para-hydroxylation sites is 1. The van der Waals surface area contributed by atoms with E-state index in [9.17, 15) is 4.55 Å². The molecule has 0 unspecified atom stereocenters. The molecule has 0 saturated carbocycles. The molecule has 18 heavy (non-hydrogen) atoms. The molecule has 0 aliphatic carbocycles. The molecule has 1 rings (SSSR count). The van der Waals surface area contributed by atoms with Gasteiger partial charge in [0, 0.05) is 5.56 Å². The third-order valence-corrected chi connectivity index (χ3v) is 4.42. The highest BCUT2D eigenvalue weighted by Gasteiger charge is 2.27. The number of methoxy groups -OCH3 is 1. The molecule has 3 nitrogen and oxygen atoms in total. The standard InChI is InChI=1S/C13H18BrNO2S/c1-9(15-18(16)13(2,3)4)10-7-6-8-11(14)12(10)17-5/h6-8H,1-5H3/t18-/m0/s1. The molecule has 0 spiro atoms. The number of hydrogen-bond donors (Lipinski definition) is 0. The normalized spacial score (nSPS) is 14.5. The predicted octanol–water partition coefficient (Wildman–Crippen LogP) is 3.73. The Morgan fingerprint density at radius 3 is 2.50 bits per heavy atom. The number of ether oxygens (including phenoxy) is 1. The lowest BCUT2D eigenvalue weighted by Crippen LogP contribution is -2.26. The van der Waals surface area contributed by atoms with Crippen LogP contribution in [0.2, 0.25) is 0 Å². The van der Waals surface area contributed by atoms with Gasteiger partial charge in [-0.3, -0.25) is 0 Å². The van der Waals surface area contributed by atoms with Crippen molar-refractivity contribution in [3.05, 3.63) is 28.2 Å². The average Bonchev–Trinajstić information content (AvgIpc) is 2.27. The fourth-order valence-electron chi connectivity index (χ4n) is 1.31. The molecule has 0 bridgehead atoms. The summed E-state index contributed by atoms with van der Waals surface area (Å²) in [6.07, 6.45) is 0. The van der Waals surface area contributed by atoms with Gasteiger partial charge in [0.05, 0.1) is 17.3 Å². The predicted molar refractivity (Wildman–Crippen MR) is 80.8 cm³/mol. The van der Waals surface area contributed by atoms with E-state index in [1.807, 2.05) is 45.9 Å². The largest absolute Gasteiger partial charge is 0.591 e. The number of halogens is 1. The van der Waals surface area contributed by atoms with Crippen LogP contribution < -0.4 is 4.74 Å². The van der Waals surface area contributed by atoms with Gasteiger partial charge in [0.25, 0.3) is 0 Å². The Labute approximate surface area is 120 Å². The number of benzene rings is 1. The maximum Gasteiger partial charge on any atom is 0.144 e. The molecule has 100 valence electrons. The van der Waals surface area contributed by atoms with Gasteiger partial charge in [-0.05, 0) is 55.8 Å². The first kappa shape index (κ1) is 15.5. The summed E-state index contributed by atoms with van der Waals surface area (Å²) in [4.78, 5) is 0. The average molecular weight is 332 g/mol. The summed E-state index contributed by atoms with van der Waals surface area (Å²) >= 11 is 2.16. The minimum absolute atomic E-state index is 0.361. The van der Waals surface area contributed by atoms with Gasteiger partial charge in [0.15, 0.2) is 0 Å². The third-order valence-electron chi connectivity index (χ3n) is 2.30. The van der Waals surface area contributed by atoms with E-state index in [-0.39, 0.29) is 4.75 Å². The van der Waals surface area contributed by atoms with Crippen molar-refractivity contribution in [2.45, 2.75) is 32.4 Å². The van der Waals surface area contributed by atoms with E-state index in [4.69, 9.17) is 4.74 Å². The van der Waals surface area contributed by atoms with Crippen molar-refractivity contribution < 1.29 is 9.29 Å². The van der Waals surface area contributed by atoms with Crippen molar-refractivity contribution in [2.24, 2.45) is 4.40 Å². The van der Waals surface area contributed by atoms with E-state index in [1.54, 1.807) is 7.11 Å². The van der Waals surface area contributed by atoms with E-state index in [2.05, 4.69) is 20.3 Å². The van der Waals surface area contributed by atoms with Gasteiger partial charge < -0.3 is 9.29 Å². The van der Waals surface area contributed by atoms with Gasteiger partial charge in [0.2, 0.25) is 0 Å². The van der Waals surface area contributed by atoms with Gasteiger partial charge in [-0.15, -0.1) is 0 Å². The zero-order valence-electron chi connectivity index (χ0n) is 11.3. The number of hydrogen-bond acceptors (Lipinski definition) is 3. The van der Waals surface area contributed by atoms with Crippen LogP contribution >= 0.6 is 15.9 Å². The number of rotatable bonds is 3. The van der Waals surface area contributed by atoms with Crippen LogP contribution in [-0.4, -0.2) is 22.1 Å². The molecular formula is C13H18BrNO2S. The molecule has 1 atom stereocenters. The maximum atomic E-state index is 12.0. The lowest BCUT2D eigenvalue weighted by Gasteiger charge is -2.19. The van der Waals surface area contributed by atoms with E-state index >= 15 is 0 Å². The zero-order chi connectivity index (χ0) is 13.9. The summed E-state index contributed by atoms with van der Waals surface area (Å²) in [6.45, 7) is 7.54. The van der Waals surface area contributed by atoms with Crippen molar-refractivity contribution in [3.63, 3.8) is 0 Å². The van der Waals surface area contributed by atoms with Gasteiger partial charge in [-0.2, -0.15) is 0 Å². The lowest BCUT2D eigenvalue weighted by molar-refractivity contribution is 0.411. The molecule has 0 N–H and O–H groups in total. The Balaban J connectivity index is 3.15. The van der Waals surface area contributed by atoms with E-state index < -0.39 is 11.4 Å². The number of nitrogens with zero attached hydrogens (tertiary/aromatic N) is 1. The first-order chi connectivity index (χ1) is 8.27. The second kappa shape index (κ2) is 6.08. The molecule has 0 aliphatic heterocycles.